The highest BCUT2D eigenvalue weighted by Crippen LogP contribution is 2.44. The second kappa shape index (κ2) is 4.96. The van der Waals surface area contributed by atoms with Crippen LogP contribution in [0.5, 0.6) is 11.5 Å². The highest BCUT2D eigenvalue weighted by atomic mass is 16.6. The topological polar surface area (TPSA) is 38.7 Å². The van der Waals surface area contributed by atoms with Crippen molar-refractivity contribution < 1.29 is 14.6 Å². The SMILES string of the molecule is CC1(C)CCCC(O)(c2ccc3c(c2)OCCO3)CC1. The first-order valence-electron chi connectivity index (χ1n) is 7.61. The van der Waals surface area contributed by atoms with Crippen LogP contribution in [0, 0.1) is 5.41 Å². The van der Waals surface area contributed by atoms with Crippen LogP contribution in [0.25, 0.3) is 0 Å². The Kier molecular flexibility index (Phi) is 3.41. The third-order valence-corrected chi connectivity index (χ3v) is 4.74. The van der Waals surface area contributed by atoms with Gasteiger partial charge in [0.05, 0.1) is 5.60 Å². The molecule has 0 saturated heterocycles. The van der Waals surface area contributed by atoms with E-state index in [2.05, 4.69) is 13.8 Å². The second-order valence-corrected chi connectivity index (χ2v) is 6.91. The van der Waals surface area contributed by atoms with Gasteiger partial charge in [-0.3, -0.25) is 0 Å². The first-order valence-corrected chi connectivity index (χ1v) is 7.61. The van der Waals surface area contributed by atoms with Crippen molar-refractivity contribution in [2.45, 2.75) is 51.6 Å². The molecule has 1 aliphatic carbocycles. The molecule has 1 saturated carbocycles. The molecular weight excluding hydrogens is 252 g/mol. The van der Waals surface area contributed by atoms with Gasteiger partial charge in [-0.15, -0.1) is 0 Å². The van der Waals surface area contributed by atoms with Crippen molar-refractivity contribution in [2.24, 2.45) is 5.41 Å². The molecule has 0 radical (unpaired) electrons. The Morgan fingerprint density at radius 3 is 2.50 bits per heavy atom. The molecular formula is C17H24O3. The van der Waals surface area contributed by atoms with Crippen molar-refractivity contribution in [3.8, 4) is 11.5 Å². The zero-order valence-corrected chi connectivity index (χ0v) is 12.4. The van der Waals surface area contributed by atoms with E-state index in [1.54, 1.807) is 0 Å². The van der Waals surface area contributed by atoms with Crippen molar-refractivity contribution in [1.29, 1.82) is 0 Å². The van der Waals surface area contributed by atoms with Crippen molar-refractivity contribution in [3.05, 3.63) is 23.8 Å². The van der Waals surface area contributed by atoms with Crippen LogP contribution in [0.1, 0.15) is 51.5 Å². The molecule has 1 heterocycles. The Labute approximate surface area is 120 Å². The number of ether oxygens (including phenoxy) is 2. The van der Waals surface area contributed by atoms with Crippen molar-refractivity contribution in [2.75, 3.05) is 13.2 Å². The lowest BCUT2D eigenvalue weighted by molar-refractivity contribution is 0.0175. The minimum Gasteiger partial charge on any atom is -0.486 e. The Bertz CT molecular complexity index is 495. The van der Waals surface area contributed by atoms with Gasteiger partial charge in [0.15, 0.2) is 11.5 Å². The van der Waals surface area contributed by atoms with Crippen LogP contribution in [0.3, 0.4) is 0 Å². The lowest BCUT2D eigenvalue weighted by atomic mass is 9.82. The van der Waals surface area contributed by atoms with E-state index in [0.717, 1.165) is 42.7 Å². The van der Waals surface area contributed by atoms with Gasteiger partial charge in [0.25, 0.3) is 0 Å². The van der Waals surface area contributed by atoms with E-state index < -0.39 is 5.60 Å². The Hall–Kier alpha value is -1.22. The Morgan fingerprint density at radius 1 is 0.950 bits per heavy atom. The van der Waals surface area contributed by atoms with Gasteiger partial charge < -0.3 is 14.6 Å². The largest absolute Gasteiger partial charge is 0.486 e. The van der Waals surface area contributed by atoms with E-state index in [9.17, 15) is 5.11 Å². The average Bonchev–Trinajstić information content (AvgIpc) is 2.58. The maximum absolute atomic E-state index is 11.1. The molecule has 1 fully saturated rings. The summed E-state index contributed by atoms with van der Waals surface area (Å²) in [5.41, 5.74) is 0.585. The fraction of sp³-hybridized carbons (Fsp3) is 0.647. The molecule has 110 valence electrons. The van der Waals surface area contributed by atoms with Gasteiger partial charge in [0, 0.05) is 0 Å². The number of fused-ring (bicyclic) bond motifs is 1. The van der Waals surface area contributed by atoms with E-state index in [1.165, 1.54) is 6.42 Å². The molecule has 1 aromatic rings. The van der Waals surface area contributed by atoms with Crippen LogP contribution in [-0.2, 0) is 5.60 Å². The zero-order chi connectivity index (χ0) is 14.2. The Morgan fingerprint density at radius 2 is 1.70 bits per heavy atom. The maximum atomic E-state index is 11.1. The first kappa shape index (κ1) is 13.7. The van der Waals surface area contributed by atoms with Gasteiger partial charge in [0.2, 0.25) is 0 Å². The molecule has 1 unspecified atom stereocenters. The summed E-state index contributed by atoms with van der Waals surface area (Å²) >= 11 is 0. The quantitative estimate of drug-likeness (QED) is 0.796. The molecule has 0 amide bonds. The monoisotopic (exact) mass is 276 g/mol. The van der Waals surface area contributed by atoms with Crippen LogP contribution in [0.15, 0.2) is 18.2 Å². The minimum atomic E-state index is -0.719. The van der Waals surface area contributed by atoms with Crippen molar-refractivity contribution in [1.82, 2.24) is 0 Å². The lowest BCUT2D eigenvalue weighted by Gasteiger charge is -2.30. The van der Waals surface area contributed by atoms with Gasteiger partial charge in [0.1, 0.15) is 13.2 Å². The van der Waals surface area contributed by atoms with Crippen LogP contribution < -0.4 is 9.47 Å². The highest BCUT2D eigenvalue weighted by Gasteiger charge is 2.35. The Balaban J connectivity index is 1.87. The fourth-order valence-corrected chi connectivity index (χ4v) is 3.28. The lowest BCUT2D eigenvalue weighted by Crippen LogP contribution is -2.26. The molecule has 20 heavy (non-hydrogen) atoms. The van der Waals surface area contributed by atoms with E-state index in [-0.39, 0.29) is 0 Å². The van der Waals surface area contributed by atoms with Gasteiger partial charge in [-0.1, -0.05) is 19.9 Å². The van der Waals surface area contributed by atoms with Crippen LogP contribution in [0.4, 0.5) is 0 Å². The summed E-state index contributed by atoms with van der Waals surface area (Å²) in [6.07, 6.45) is 4.95. The molecule has 0 aromatic heterocycles. The van der Waals surface area contributed by atoms with Crippen molar-refractivity contribution in [3.63, 3.8) is 0 Å². The summed E-state index contributed by atoms with van der Waals surface area (Å²) < 4.78 is 11.2. The predicted molar refractivity (Wildman–Crippen MR) is 78.2 cm³/mol. The molecule has 1 atom stereocenters. The molecule has 3 nitrogen and oxygen atoms in total. The van der Waals surface area contributed by atoms with E-state index >= 15 is 0 Å². The molecule has 3 rings (SSSR count). The zero-order valence-electron chi connectivity index (χ0n) is 12.4. The third kappa shape index (κ3) is 2.64. The van der Waals surface area contributed by atoms with Gasteiger partial charge in [-0.2, -0.15) is 0 Å². The summed E-state index contributed by atoms with van der Waals surface area (Å²) in [5, 5.41) is 11.1. The number of rotatable bonds is 1. The molecule has 1 aromatic carbocycles. The molecule has 3 heteroatoms. The number of benzene rings is 1. The second-order valence-electron chi connectivity index (χ2n) is 6.91. The van der Waals surface area contributed by atoms with Crippen LogP contribution >= 0.6 is 0 Å². The highest BCUT2D eigenvalue weighted by molar-refractivity contribution is 5.45. The molecule has 0 spiro atoms. The number of hydrogen-bond acceptors (Lipinski definition) is 3. The molecule has 0 bridgehead atoms. The first-order chi connectivity index (χ1) is 9.49. The third-order valence-electron chi connectivity index (χ3n) is 4.74. The normalized spacial score (nSPS) is 28.8. The number of aliphatic hydroxyl groups is 1. The minimum absolute atomic E-state index is 0.332. The van der Waals surface area contributed by atoms with Gasteiger partial charge >= 0.3 is 0 Å². The average molecular weight is 276 g/mol. The van der Waals surface area contributed by atoms with Crippen LogP contribution in [-0.4, -0.2) is 18.3 Å². The van der Waals surface area contributed by atoms with Crippen LogP contribution in [0.2, 0.25) is 0 Å². The van der Waals surface area contributed by atoms with Crippen molar-refractivity contribution >= 4 is 0 Å². The summed E-state index contributed by atoms with van der Waals surface area (Å²) in [6, 6.07) is 5.89. The molecule has 2 aliphatic rings. The summed E-state index contributed by atoms with van der Waals surface area (Å²) in [4.78, 5) is 0. The van der Waals surface area contributed by atoms with E-state index in [4.69, 9.17) is 9.47 Å². The van der Waals surface area contributed by atoms with Gasteiger partial charge in [-0.25, -0.2) is 0 Å². The van der Waals surface area contributed by atoms with E-state index in [0.29, 0.717) is 18.6 Å². The smallest absolute Gasteiger partial charge is 0.161 e. The number of hydrogen-bond donors (Lipinski definition) is 1. The fourth-order valence-electron chi connectivity index (χ4n) is 3.28. The molecule has 1 N–H and O–H groups in total. The van der Waals surface area contributed by atoms with Gasteiger partial charge in [-0.05, 0) is 55.2 Å². The predicted octanol–water partition coefficient (Wildman–Crippen LogP) is 3.64. The summed E-state index contributed by atoms with van der Waals surface area (Å²) in [5.74, 6) is 1.56. The summed E-state index contributed by atoms with van der Waals surface area (Å²) in [7, 11) is 0. The summed E-state index contributed by atoms with van der Waals surface area (Å²) in [6.45, 7) is 5.78. The molecule has 1 aliphatic heterocycles. The maximum Gasteiger partial charge on any atom is 0.161 e. The standard InChI is InChI=1S/C17H24O3/c1-16(2)6-3-7-17(18,9-8-16)13-4-5-14-15(12-13)20-11-10-19-14/h4-5,12,18H,3,6-11H2,1-2H3. The van der Waals surface area contributed by atoms with E-state index in [1.807, 2.05) is 18.2 Å².